The van der Waals surface area contributed by atoms with Crippen molar-refractivity contribution in [1.82, 2.24) is 34.3 Å². The molecule has 8 nitrogen and oxygen atoms in total. The normalized spacial score (nSPS) is 18.0. The standard InChI is InChI=1S/C17H21N7O/c1-11-8-18-23(9-11)14-5-4-6-22(10-14)16(25)15-20-17-19-12(2)7-13(3)24(17)21-15/h7-9,14H,4-6,10H2,1-3H3/t14-/m1/s1. The molecule has 1 atom stereocenters. The largest absolute Gasteiger partial charge is 0.334 e. The molecule has 1 fully saturated rings. The average Bonchev–Trinajstić information content (AvgIpc) is 3.21. The van der Waals surface area contributed by atoms with Gasteiger partial charge in [0.15, 0.2) is 0 Å². The maximum Gasteiger partial charge on any atom is 0.293 e. The van der Waals surface area contributed by atoms with Crippen molar-refractivity contribution >= 4 is 11.7 Å². The van der Waals surface area contributed by atoms with Crippen LogP contribution in [0.5, 0.6) is 0 Å². The molecule has 25 heavy (non-hydrogen) atoms. The van der Waals surface area contributed by atoms with Gasteiger partial charge in [0, 0.05) is 30.7 Å². The molecule has 130 valence electrons. The molecule has 0 unspecified atom stereocenters. The van der Waals surface area contributed by atoms with Crippen molar-refractivity contribution in [2.45, 2.75) is 39.7 Å². The summed E-state index contributed by atoms with van der Waals surface area (Å²) in [5.74, 6) is 0.534. The number of carbonyl (C=O) groups is 1. The Morgan fingerprint density at radius 3 is 2.84 bits per heavy atom. The first kappa shape index (κ1) is 15.7. The number of aromatic nitrogens is 6. The fraction of sp³-hybridized carbons (Fsp3) is 0.471. The SMILES string of the molecule is Cc1cnn([C@@H]2CCCN(C(=O)c3nc4nc(C)cc(C)n4n3)C2)c1. The van der Waals surface area contributed by atoms with Crippen molar-refractivity contribution < 1.29 is 4.79 Å². The Labute approximate surface area is 145 Å². The second kappa shape index (κ2) is 5.94. The third kappa shape index (κ3) is 2.88. The highest BCUT2D eigenvalue weighted by Crippen LogP contribution is 2.22. The molecule has 0 spiro atoms. The Bertz CT molecular complexity index is 942. The van der Waals surface area contributed by atoms with E-state index in [1.165, 1.54) is 0 Å². The molecule has 3 aromatic heterocycles. The van der Waals surface area contributed by atoms with E-state index in [1.54, 1.807) is 4.52 Å². The molecule has 0 aliphatic carbocycles. The predicted molar refractivity (Wildman–Crippen MR) is 91.4 cm³/mol. The van der Waals surface area contributed by atoms with Gasteiger partial charge in [-0.3, -0.25) is 9.48 Å². The number of nitrogens with zero attached hydrogens (tertiary/aromatic N) is 7. The summed E-state index contributed by atoms with van der Waals surface area (Å²) < 4.78 is 3.58. The van der Waals surface area contributed by atoms with Crippen LogP contribution in [-0.2, 0) is 0 Å². The Kier molecular flexibility index (Phi) is 3.74. The Morgan fingerprint density at radius 1 is 1.24 bits per heavy atom. The van der Waals surface area contributed by atoms with Crippen molar-refractivity contribution in [3.63, 3.8) is 0 Å². The van der Waals surface area contributed by atoms with E-state index in [4.69, 9.17) is 0 Å². The van der Waals surface area contributed by atoms with Crippen LogP contribution in [0.2, 0.25) is 0 Å². The fourth-order valence-corrected chi connectivity index (χ4v) is 3.39. The van der Waals surface area contributed by atoms with E-state index in [1.807, 2.05) is 48.8 Å². The molecule has 8 heteroatoms. The number of likely N-dealkylation sites (tertiary alicyclic amines) is 1. The van der Waals surface area contributed by atoms with E-state index in [2.05, 4.69) is 20.2 Å². The van der Waals surface area contributed by atoms with Gasteiger partial charge in [0.1, 0.15) is 0 Å². The quantitative estimate of drug-likeness (QED) is 0.710. The van der Waals surface area contributed by atoms with Gasteiger partial charge in [-0.15, -0.1) is 5.10 Å². The van der Waals surface area contributed by atoms with Gasteiger partial charge in [0.25, 0.3) is 11.7 Å². The topological polar surface area (TPSA) is 81.2 Å². The Morgan fingerprint density at radius 2 is 2.08 bits per heavy atom. The summed E-state index contributed by atoms with van der Waals surface area (Å²) in [6.45, 7) is 7.21. The van der Waals surface area contributed by atoms with Gasteiger partial charge in [-0.1, -0.05) is 0 Å². The monoisotopic (exact) mass is 339 g/mol. The molecule has 1 aliphatic rings. The van der Waals surface area contributed by atoms with Crippen LogP contribution in [0.3, 0.4) is 0 Å². The van der Waals surface area contributed by atoms with E-state index in [9.17, 15) is 4.79 Å². The zero-order valence-corrected chi connectivity index (χ0v) is 14.7. The lowest BCUT2D eigenvalue weighted by Gasteiger charge is -2.32. The first-order valence-corrected chi connectivity index (χ1v) is 8.52. The second-order valence-corrected chi connectivity index (χ2v) is 6.73. The van der Waals surface area contributed by atoms with Crippen LogP contribution >= 0.6 is 0 Å². The van der Waals surface area contributed by atoms with Gasteiger partial charge in [-0.25, -0.2) is 9.50 Å². The van der Waals surface area contributed by atoms with E-state index in [0.717, 1.165) is 36.3 Å². The number of fused-ring (bicyclic) bond motifs is 1. The molecule has 0 saturated carbocycles. The number of carbonyl (C=O) groups excluding carboxylic acids is 1. The molecule has 0 aromatic carbocycles. The molecule has 0 bridgehead atoms. The molecule has 1 saturated heterocycles. The zero-order valence-electron chi connectivity index (χ0n) is 14.7. The van der Waals surface area contributed by atoms with Crippen molar-refractivity contribution in [3.05, 3.63) is 41.2 Å². The lowest BCUT2D eigenvalue weighted by molar-refractivity contribution is 0.0661. The third-order valence-corrected chi connectivity index (χ3v) is 4.60. The summed E-state index contributed by atoms with van der Waals surface area (Å²) in [6, 6.07) is 2.12. The van der Waals surface area contributed by atoms with Crippen LogP contribution in [0.1, 0.15) is 46.5 Å². The van der Waals surface area contributed by atoms with Crippen LogP contribution in [0, 0.1) is 20.8 Å². The minimum atomic E-state index is -0.142. The maximum absolute atomic E-state index is 12.9. The maximum atomic E-state index is 12.9. The molecule has 0 radical (unpaired) electrons. The molecular formula is C17H21N7O. The van der Waals surface area contributed by atoms with Crippen molar-refractivity contribution in [1.29, 1.82) is 0 Å². The van der Waals surface area contributed by atoms with Crippen molar-refractivity contribution in [2.24, 2.45) is 0 Å². The van der Waals surface area contributed by atoms with Crippen LogP contribution in [-0.4, -0.2) is 53.3 Å². The summed E-state index contributed by atoms with van der Waals surface area (Å²) >= 11 is 0. The van der Waals surface area contributed by atoms with Gasteiger partial charge in [-0.05, 0) is 45.2 Å². The zero-order chi connectivity index (χ0) is 17.6. The lowest BCUT2D eigenvalue weighted by atomic mass is 10.1. The highest BCUT2D eigenvalue weighted by Gasteiger charge is 2.28. The smallest absolute Gasteiger partial charge is 0.293 e. The predicted octanol–water partition coefficient (Wildman–Crippen LogP) is 1.72. The molecule has 1 aliphatic heterocycles. The molecule has 4 rings (SSSR count). The first-order valence-electron chi connectivity index (χ1n) is 8.52. The van der Waals surface area contributed by atoms with Gasteiger partial charge in [-0.2, -0.15) is 10.1 Å². The van der Waals surface area contributed by atoms with E-state index in [0.29, 0.717) is 12.3 Å². The van der Waals surface area contributed by atoms with Gasteiger partial charge in [0.2, 0.25) is 5.82 Å². The highest BCUT2D eigenvalue weighted by molar-refractivity contribution is 5.91. The van der Waals surface area contributed by atoms with Crippen LogP contribution < -0.4 is 0 Å². The minimum Gasteiger partial charge on any atom is -0.334 e. The molecule has 4 heterocycles. The number of piperidine rings is 1. The summed E-state index contributed by atoms with van der Waals surface area (Å²) in [5.41, 5.74) is 2.91. The number of amides is 1. The first-order chi connectivity index (χ1) is 12.0. The molecular weight excluding hydrogens is 318 g/mol. The summed E-state index contributed by atoms with van der Waals surface area (Å²) in [4.78, 5) is 23.4. The van der Waals surface area contributed by atoms with E-state index in [-0.39, 0.29) is 17.8 Å². The Balaban J connectivity index is 1.59. The van der Waals surface area contributed by atoms with E-state index >= 15 is 0 Å². The van der Waals surface area contributed by atoms with E-state index < -0.39 is 0 Å². The number of aryl methyl sites for hydroxylation is 3. The van der Waals surface area contributed by atoms with Gasteiger partial charge in [0.05, 0.1) is 12.2 Å². The van der Waals surface area contributed by atoms with Crippen LogP contribution in [0.25, 0.3) is 5.78 Å². The van der Waals surface area contributed by atoms with Crippen LogP contribution in [0.4, 0.5) is 0 Å². The minimum absolute atomic E-state index is 0.142. The number of rotatable bonds is 2. The second-order valence-electron chi connectivity index (χ2n) is 6.73. The number of hydrogen-bond donors (Lipinski definition) is 0. The highest BCUT2D eigenvalue weighted by atomic mass is 16.2. The van der Waals surface area contributed by atoms with Crippen LogP contribution in [0.15, 0.2) is 18.5 Å². The van der Waals surface area contributed by atoms with Gasteiger partial charge >= 0.3 is 0 Å². The van der Waals surface area contributed by atoms with Gasteiger partial charge < -0.3 is 4.90 Å². The molecule has 0 N–H and O–H groups in total. The summed E-state index contributed by atoms with van der Waals surface area (Å²) in [5, 5.41) is 8.76. The molecule has 3 aromatic rings. The fourth-order valence-electron chi connectivity index (χ4n) is 3.39. The summed E-state index contributed by atoms with van der Waals surface area (Å²) in [6.07, 6.45) is 5.83. The average molecular weight is 339 g/mol. The molecule has 1 amide bonds. The number of hydrogen-bond acceptors (Lipinski definition) is 5. The third-order valence-electron chi connectivity index (χ3n) is 4.60. The van der Waals surface area contributed by atoms with Crippen molar-refractivity contribution in [3.8, 4) is 0 Å². The lowest BCUT2D eigenvalue weighted by Crippen LogP contribution is -2.41. The van der Waals surface area contributed by atoms with Crippen molar-refractivity contribution in [2.75, 3.05) is 13.1 Å². The Hall–Kier alpha value is -2.77. The summed E-state index contributed by atoms with van der Waals surface area (Å²) in [7, 11) is 0.